The fourth-order valence-corrected chi connectivity index (χ4v) is 3.44. The van der Waals surface area contributed by atoms with Crippen LogP contribution < -0.4 is 5.32 Å². The molecule has 20 heavy (non-hydrogen) atoms. The van der Waals surface area contributed by atoms with Crippen LogP contribution >= 0.6 is 0 Å². The number of nitrogens with zero attached hydrogens (tertiary/aromatic N) is 2. The predicted octanol–water partition coefficient (Wildman–Crippen LogP) is 2.61. The molecule has 0 bridgehead atoms. The molecule has 1 fully saturated rings. The van der Waals surface area contributed by atoms with E-state index in [4.69, 9.17) is 9.51 Å². The van der Waals surface area contributed by atoms with Gasteiger partial charge in [0.25, 0.3) is 0 Å². The maximum Gasteiger partial charge on any atom is 0.231 e. The smallest absolute Gasteiger partial charge is 0.231 e. The summed E-state index contributed by atoms with van der Waals surface area (Å²) in [6.45, 7) is 2.01. The van der Waals surface area contributed by atoms with E-state index in [9.17, 15) is 0 Å². The average Bonchev–Trinajstić information content (AvgIpc) is 3.17. The van der Waals surface area contributed by atoms with Crippen molar-refractivity contribution >= 4 is 0 Å². The lowest BCUT2D eigenvalue weighted by Crippen LogP contribution is -2.12. The Morgan fingerprint density at radius 2 is 2.15 bits per heavy atom. The van der Waals surface area contributed by atoms with Crippen LogP contribution in [0.4, 0.5) is 0 Å². The third-order valence-corrected chi connectivity index (χ3v) is 4.55. The second-order valence-corrected chi connectivity index (χ2v) is 5.82. The third kappa shape index (κ3) is 2.04. The molecular formula is C16H19N3O. The van der Waals surface area contributed by atoms with Gasteiger partial charge in [0.1, 0.15) is 0 Å². The fraction of sp³-hybridized carbons (Fsp3) is 0.500. The van der Waals surface area contributed by atoms with Gasteiger partial charge in [-0.3, -0.25) is 0 Å². The van der Waals surface area contributed by atoms with Crippen molar-refractivity contribution < 1.29 is 4.52 Å². The van der Waals surface area contributed by atoms with Gasteiger partial charge < -0.3 is 9.84 Å². The van der Waals surface area contributed by atoms with E-state index in [0.717, 1.165) is 37.6 Å². The zero-order chi connectivity index (χ0) is 13.4. The van der Waals surface area contributed by atoms with Gasteiger partial charge in [0.05, 0.1) is 5.92 Å². The normalized spacial score (nSPS) is 25.6. The van der Waals surface area contributed by atoms with Crippen molar-refractivity contribution in [2.75, 3.05) is 13.1 Å². The van der Waals surface area contributed by atoms with Crippen LogP contribution in [0.5, 0.6) is 0 Å². The molecule has 1 saturated heterocycles. The molecule has 2 aliphatic rings. The van der Waals surface area contributed by atoms with E-state index < -0.39 is 0 Å². The minimum atomic E-state index is 0.312. The van der Waals surface area contributed by atoms with Crippen LogP contribution in [0.2, 0.25) is 0 Å². The highest BCUT2D eigenvalue weighted by atomic mass is 16.5. The minimum absolute atomic E-state index is 0.312. The maximum absolute atomic E-state index is 5.52. The number of hydrogen-bond acceptors (Lipinski definition) is 4. The first-order valence-electron chi connectivity index (χ1n) is 7.54. The molecule has 0 amide bonds. The van der Waals surface area contributed by atoms with Gasteiger partial charge >= 0.3 is 0 Å². The first-order valence-corrected chi connectivity index (χ1v) is 7.54. The summed E-state index contributed by atoms with van der Waals surface area (Å²) in [6, 6.07) is 8.67. The standard InChI is InChI=1S/C16H19N3O/c1-2-6-13-11(4-1)5-3-7-14(13)15-18-16(20-19-15)12-8-9-17-10-12/h1-2,4,6,12,14,17H,3,5,7-10H2. The van der Waals surface area contributed by atoms with Gasteiger partial charge in [-0.15, -0.1) is 0 Å². The minimum Gasteiger partial charge on any atom is -0.339 e. The highest BCUT2D eigenvalue weighted by Crippen LogP contribution is 2.35. The Morgan fingerprint density at radius 3 is 3.05 bits per heavy atom. The fourth-order valence-electron chi connectivity index (χ4n) is 3.44. The first kappa shape index (κ1) is 12.1. The SMILES string of the molecule is c1ccc2c(c1)CCCC2c1noc(C2CCNC2)n1. The summed E-state index contributed by atoms with van der Waals surface area (Å²) in [5, 5.41) is 7.62. The molecular weight excluding hydrogens is 250 g/mol. The average molecular weight is 269 g/mol. The van der Waals surface area contributed by atoms with Gasteiger partial charge in [-0.2, -0.15) is 4.98 Å². The largest absolute Gasteiger partial charge is 0.339 e. The van der Waals surface area contributed by atoms with E-state index >= 15 is 0 Å². The Bertz CT molecular complexity index is 601. The molecule has 1 aromatic heterocycles. The predicted molar refractivity (Wildman–Crippen MR) is 75.7 cm³/mol. The monoisotopic (exact) mass is 269 g/mol. The van der Waals surface area contributed by atoms with E-state index in [1.807, 2.05) is 0 Å². The Hall–Kier alpha value is -1.68. The number of aromatic nitrogens is 2. The summed E-state index contributed by atoms with van der Waals surface area (Å²) in [7, 11) is 0. The molecule has 1 aliphatic carbocycles. The van der Waals surface area contributed by atoms with Crippen molar-refractivity contribution in [2.24, 2.45) is 0 Å². The summed E-state index contributed by atoms with van der Waals surface area (Å²) in [5.74, 6) is 2.40. The number of aryl methyl sites for hydroxylation is 1. The Morgan fingerprint density at radius 1 is 1.20 bits per heavy atom. The third-order valence-electron chi connectivity index (χ3n) is 4.55. The van der Waals surface area contributed by atoms with Crippen LogP contribution in [0.3, 0.4) is 0 Å². The molecule has 2 heterocycles. The molecule has 2 atom stereocenters. The molecule has 4 rings (SSSR count). The van der Waals surface area contributed by atoms with E-state index in [-0.39, 0.29) is 0 Å². The molecule has 1 aromatic carbocycles. The van der Waals surface area contributed by atoms with Crippen molar-refractivity contribution in [3.05, 3.63) is 47.1 Å². The summed E-state index contributed by atoms with van der Waals surface area (Å²) in [5.41, 5.74) is 2.83. The highest BCUT2D eigenvalue weighted by molar-refractivity contribution is 5.36. The van der Waals surface area contributed by atoms with Crippen LogP contribution in [0.15, 0.2) is 28.8 Å². The van der Waals surface area contributed by atoms with Crippen molar-refractivity contribution in [3.8, 4) is 0 Å². The van der Waals surface area contributed by atoms with E-state index in [0.29, 0.717) is 11.8 Å². The molecule has 2 unspecified atom stereocenters. The molecule has 0 radical (unpaired) electrons. The lowest BCUT2D eigenvalue weighted by molar-refractivity contribution is 0.352. The number of hydrogen-bond donors (Lipinski definition) is 1. The lowest BCUT2D eigenvalue weighted by Gasteiger charge is -2.22. The van der Waals surface area contributed by atoms with Crippen LogP contribution in [-0.4, -0.2) is 23.2 Å². The molecule has 1 aliphatic heterocycles. The molecule has 104 valence electrons. The maximum atomic E-state index is 5.52. The Kier molecular flexibility index (Phi) is 3.03. The number of nitrogens with one attached hydrogen (secondary N) is 1. The molecule has 4 nitrogen and oxygen atoms in total. The molecule has 0 spiro atoms. The zero-order valence-corrected chi connectivity index (χ0v) is 11.5. The first-order chi connectivity index (χ1) is 9.92. The van der Waals surface area contributed by atoms with Gasteiger partial charge in [0.15, 0.2) is 5.82 Å². The van der Waals surface area contributed by atoms with Gasteiger partial charge in [0, 0.05) is 12.5 Å². The van der Waals surface area contributed by atoms with Gasteiger partial charge in [0.2, 0.25) is 5.89 Å². The second kappa shape index (κ2) is 5.02. The van der Waals surface area contributed by atoms with Gasteiger partial charge in [-0.1, -0.05) is 29.4 Å². The van der Waals surface area contributed by atoms with Crippen LogP contribution in [-0.2, 0) is 6.42 Å². The van der Waals surface area contributed by atoms with Crippen LogP contribution in [0, 0.1) is 0 Å². The summed E-state index contributed by atoms with van der Waals surface area (Å²) in [4.78, 5) is 4.70. The quantitative estimate of drug-likeness (QED) is 0.910. The van der Waals surface area contributed by atoms with Crippen molar-refractivity contribution in [1.29, 1.82) is 0 Å². The summed E-state index contributed by atoms with van der Waals surface area (Å²) >= 11 is 0. The zero-order valence-electron chi connectivity index (χ0n) is 11.5. The van der Waals surface area contributed by atoms with Gasteiger partial charge in [-0.25, -0.2) is 0 Å². The molecule has 1 N–H and O–H groups in total. The van der Waals surface area contributed by atoms with E-state index in [1.165, 1.54) is 24.0 Å². The van der Waals surface area contributed by atoms with E-state index in [2.05, 4.69) is 34.7 Å². The molecule has 2 aromatic rings. The summed E-state index contributed by atoms with van der Waals surface area (Å²) < 4.78 is 5.52. The van der Waals surface area contributed by atoms with Crippen LogP contribution in [0.25, 0.3) is 0 Å². The van der Waals surface area contributed by atoms with Crippen molar-refractivity contribution in [1.82, 2.24) is 15.5 Å². The number of fused-ring (bicyclic) bond motifs is 1. The number of benzene rings is 1. The second-order valence-electron chi connectivity index (χ2n) is 5.82. The molecule has 0 saturated carbocycles. The number of rotatable bonds is 2. The Labute approximate surface area is 118 Å². The molecule has 4 heteroatoms. The Balaban J connectivity index is 1.65. The van der Waals surface area contributed by atoms with Crippen molar-refractivity contribution in [2.45, 2.75) is 37.5 Å². The lowest BCUT2D eigenvalue weighted by atomic mass is 9.82. The van der Waals surface area contributed by atoms with E-state index in [1.54, 1.807) is 0 Å². The van der Waals surface area contributed by atoms with Gasteiger partial charge in [-0.05, 0) is 43.4 Å². The highest BCUT2D eigenvalue weighted by Gasteiger charge is 2.28. The van der Waals surface area contributed by atoms with Crippen molar-refractivity contribution in [3.63, 3.8) is 0 Å². The topological polar surface area (TPSA) is 51.0 Å². The summed E-state index contributed by atoms with van der Waals surface area (Å²) in [6.07, 6.45) is 4.60. The van der Waals surface area contributed by atoms with Crippen LogP contribution in [0.1, 0.15) is 53.9 Å².